The summed E-state index contributed by atoms with van der Waals surface area (Å²) in [6.45, 7) is 29.3. The number of ether oxygens (including phenoxy) is 2. The highest BCUT2D eigenvalue weighted by Crippen LogP contribution is 2.30. The first-order valence-corrected chi connectivity index (χ1v) is 26.9. The molecule has 214 valence electrons. The van der Waals surface area contributed by atoms with Crippen molar-refractivity contribution in [1.82, 2.24) is 0 Å². The summed E-state index contributed by atoms with van der Waals surface area (Å²) in [5.74, 6) is -0.264. The van der Waals surface area contributed by atoms with E-state index in [0.717, 1.165) is 43.2 Å². The van der Waals surface area contributed by atoms with E-state index in [2.05, 4.69) is 66.1 Å². The molecule has 9 heteroatoms. The minimum Gasteiger partial charge on any atom is -0.462 e. The molecule has 36 heavy (non-hydrogen) atoms. The van der Waals surface area contributed by atoms with Crippen LogP contribution < -0.4 is 0 Å². The predicted octanol–water partition coefficient (Wildman–Crippen LogP) is 8.51. The standard InChI is InChI=1S/C27H60O4P2Si3/c1-12-13-19-34(6,7)23-36(10,11)31-35(8,9)20-15-18-29-21-25(32-4)16-14-17-26(33-5)22-30-27(28)24(2)3/h25-26,32-33H,2,12-23H2,1,3-11H3. The summed E-state index contributed by atoms with van der Waals surface area (Å²) in [4.78, 5) is 11.6. The smallest absolute Gasteiger partial charge is 0.333 e. The first-order valence-electron chi connectivity index (χ1n) is 14.1. The average molecular weight is 595 g/mol. The Balaban J connectivity index is 4.28. The van der Waals surface area contributed by atoms with E-state index in [0.29, 0.717) is 23.5 Å². The summed E-state index contributed by atoms with van der Waals surface area (Å²) < 4.78 is 18.5. The van der Waals surface area contributed by atoms with Crippen LogP contribution in [0.4, 0.5) is 0 Å². The van der Waals surface area contributed by atoms with Crippen LogP contribution in [0.5, 0.6) is 0 Å². The third-order valence-corrected chi connectivity index (χ3v) is 24.2. The second-order valence-electron chi connectivity index (χ2n) is 12.5. The molecule has 0 aromatic heterocycles. The Morgan fingerprint density at radius 3 is 1.97 bits per heavy atom. The molecule has 0 aliphatic heterocycles. The Labute approximate surface area is 231 Å². The molecule has 0 radical (unpaired) electrons. The normalized spacial score (nSPS) is 15.2. The van der Waals surface area contributed by atoms with Crippen molar-refractivity contribution in [2.75, 3.05) is 33.2 Å². The van der Waals surface area contributed by atoms with Gasteiger partial charge in [0.15, 0.2) is 16.6 Å². The van der Waals surface area contributed by atoms with Crippen LogP contribution in [0.15, 0.2) is 12.2 Å². The lowest BCUT2D eigenvalue weighted by molar-refractivity contribution is -0.138. The zero-order valence-corrected chi connectivity index (χ0v) is 30.5. The van der Waals surface area contributed by atoms with E-state index in [-0.39, 0.29) is 5.97 Å². The summed E-state index contributed by atoms with van der Waals surface area (Å²) in [6, 6.07) is 2.64. The number of hydrogen-bond donors (Lipinski definition) is 0. The maximum Gasteiger partial charge on any atom is 0.333 e. The number of hydrogen-bond acceptors (Lipinski definition) is 4. The Kier molecular flexibility index (Phi) is 19.2. The van der Waals surface area contributed by atoms with Crippen molar-refractivity contribution in [3.05, 3.63) is 12.2 Å². The molecular formula is C27H60O4P2Si3. The number of rotatable bonds is 22. The summed E-state index contributed by atoms with van der Waals surface area (Å²) in [7, 11) is -2.71. The quantitative estimate of drug-likeness (QED) is 0.0414. The van der Waals surface area contributed by atoms with Gasteiger partial charge in [-0.15, -0.1) is 17.2 Å². The van der Waals surface area contributed by atoms with Gasteiger partial charge >= 0.3 is 5.97 Å². The fourth-order valence-electron chi connectivity index (χ4n) is 5.09. The third kappa shape index (κ3) is 18.8. The molecule has 0 spiro atoms. The molecule has 0 bridgehead atoms. The van der Waals surface area contributed by atoms with Gasteiger partial charge in [0.1, 0.15) is 0 Å². The Hall–Kier alpha value is 0.641. The van der Waals surface area contributed by atoms with Crippen LogP contribution in [0.2, 0.25) is 57.0 Å². The summed E-state index contributed by atoms with van der Waals surface area (Å²) in [5.41, 5.74) is 2.98. The molecule has 4 nitrogen and oxygen atoms in total. The molecule has 4 unspecified atom stereocenters. The maximum absolute atomic E-state index is 11.6. The second kappa shape index (κ2) is 18.8. The van der Waals surface area contributed by atoms with E-state index in [1.807, 2.05) is 0 Å². The SMILES string of the molecule is C=C(C)C(=O)OCC(CCCC(COCCC[Si](C)(C)O[Si](C)(C)C[Si](C)(C)CCCC)PC)PC. The average Bonchev–Trinajstić information content (AvgIpc) is 2.76. The molecule has 0 heterocycles. The minimum absolute atomic E-state index is 0.264. The lowest BCUT2D eigenvalue weighted by atomic mass is 10.1. The molecule has 0 saturated carbocycles. The van der Waals surface area contributed by atoms with Crippen LogP contribution >= 0.6 is 17.2 Å². The molecular weight excluding hydrogens is 534 g/mol. The molecule has 0 aromatic rings. The Bertz CT molecular complexity index is 630. The van der Waals surface area contributed by atoms with E-state index in [1.54, 1.807) is 6.92 Å². The predicted molar refractivity (Wildman–Crippen MR) is 174 cm³/mol. The van der Waals surface area contributed by atoms with Crippen LogP contribution in [0.25, 0.3) is 0 Å². The highest BCUT2D eigenvalue weighted by molar-refractivity contribution is 7.38. The van der Waals surface area contributed by atoms with Crippen molar-refractivity contribution < 1.29 is 18.4 Å². The Morgan fingerprint density at radius 1 is 0.861 bits per heavy atom. The zero-order chi connectivity index (χ0) is 27.8. The Morgan fingerprint density at radius 2 is 1.44 bits per heavy atom. The topological polar surface area (TPSA) is 44.8 Å². The lowest BCUT2D eigenvalue weighted by Gasteiger charge is -2.38. The number of carbonyl (C=O) groups is 1. The minimum atomic E-state index is -1.65. The molecule has 0 amide bonds. The van der Waals surface area contributed by atoms with Gasteiger partial charge in [-0.1, -0.05) is 51.9 Å². The fraction of sp³-hybridized carbons (Fsp3) is 0.889. The zero-order valence-electron chi connectivity index (χ0n) is 25.5. The number of carbonyl (C=O) groups excluding carboxylic acids is 1. The lowest BCUT2D eigenvalue weighted by Crippen LogP contribution is -2.49. The highest BCUT2D eigenvalue weighted by Gasteiger charge is 2.37. The summed E-state index contributed by atoms with van der Waals surface area (Å²) in [5, 5.41) is 0. The van der Waals surface area contributed by atoms with Gasteiger partial charge in [0, 0.05) is 25.9 Å². The molecule has 0 aromatic carbocycles. The first-order chi connectivity index (χ1) is 16.7. The van der Waals surface area contributed by atoms with E-state index in [1.165, 1.54) is 43.4 Å². The van der Waals surface area contributed by atoms with Crippen molar-refractivity contribution in [2.24, 2.45) is 0 Å². The number of esters is 1. The van der Waals surface area contributed by atoms with E-state index >= 15 is 0 Å². The monoisotopic (exact) mass is 594 g/mol. The molecule has 0 saturated heterocycles. The van der Waals surface area contributed by atoms with Crippen LogP contribution in [-0.2, 0) is 18.4 Å². The van der Waals surface area contributed by atoms with Crippen molar-refractivity contribution in [2.45, 2.75) is 121 Å². The van der Waals surface area contributed by atoms with Gasteiger partial charge in [-0.05, 0) is 83.1 Å². The number of unbranched alkanes of at least 4 members (excludes halogenated alkanes) is 1. The van der Waals surface area contributed by atoms with Crippen LogP contribution in [0, 0.1) is 0 Å². The molecule has 4 atom stereocenters. The van der Waals surface area contributed by atoms with Gasteiger partial charge in [0.05, 0.1) is 13.2 Å². The van der Waals surface area contributed by atoms with E-state index < -0.39 is 24.7 Å². The van der Waals surface area contributed by atoms with Crippen LogP contribution in [0.3, 0.4) is 0 Å². The van der Waals surface area contributed by atoms with Gasteiger partial charge in [0.2, 0.25) is 0 Å². The van der Waals surface area contributed by atoms with Crippen molar-refractivity contribution in [1.29, 1.82) is 0 Å². The summed E-state index contributed by atoms with van der Waals surface area (Å²) in [6.07, 6.45) is 7.31. The van der Waals surface area contributed by atoms with Gasteiger partial charge in [-0.2, -0.15) is 0 Å². The fourth-order valence-corrected chi connectivity index (χ4v) is 26.2. The van der Waals surface area contributed by atoms with Gasteiger partial charge in [0.25, 0.3) is 0 Å². The largest absolute Gasteiger partial charge is 0.462 e. The molecule has 0 aliphatic rings. The van der Waals surface area contributed by atoms with E-state index in [4.69, 9.17) is 13.6 Å². The van der Waals surface area contributed by atoms with Gasteiger partial charge in [-0.25, -0.2) is 4.79 Å². The molecule has 0 rings (SSSR count). The molecule has 0 fully saturated rings. The highest BCUT2D eigenvalue weighted by atomic mass is 31.1. The molecule has 0 N–H and O–H groups in total. The van der Waals surface area contributed by atoms with Crippen LogP contribution in [0.1, 0.15) is 52.4 Å². The van der Waals surface area contributed by atoms with Gasteiger partial charge < -0.3 is 13.6 Å². The van der Waals surface area contributed by atoms with Crippen molar-refractivity contribution in [3.63, 3.8) is 0 Å². The summed E-state index contributed by atoms with van der Waals surface area (Å²) >= 11 is 0. The second-order valence-corrected chi connectivity index (χ2v) is 29.9. The van der Waals surface area contributed by atoms with Gasteiger partial charge in [-0.3, -0.25) is 0 Å². The van der Waals surface area contributed by atoms with E-state index in [9.17, 15) is 4.79 Å². The maximum atomic E-state index is 11.6. The third-order valence-electron chi connectivity index (χ3n) is 6.74. The molecule has 0 aliphatic carbocycles. The van der Waals surface area contributed by atoms with Crippen molar-refractivity contribution in [3.8, 4) is 0 Å². The first kappa shape index (κ1) is 36.6. The van der Waals surface area contributed by atoms with Crippen LogP contribution in [-0.4, -0.2) is 75.1 Å². The van der Waals surface area contributed by atoms with Crippen molar-refractivity contribution >= 4 is 47.8 Å².